The van der Waals surface area contributed by atoms with Crippen molar-refractivity contribution in [2.45, 2.75) is 25.3 Å². The van der Waals surface area contributed by atoms with Gasteiger partial charge in [0, 0.05) is 19.1 Å². The molecule has 3 heterocycles. The number of rotatable bonds is 1. The molecule has 0 aliphatic carbocycles. The Labute approximate surface area is 118 Å². The Bertz CT molecular complexity index is 466. The second-order valence-corrected chi connectivity index (χ2v) is 5.96. The maximum absolute atomic E-state index is 6.23. The summed E-state index contributed by atoms with van der Waals surface area (Å²) >= 11 is 6.23. The molecule has 2 unspecified atom stereocenters. The van der Waals surface area contributed by atoms with Gasteiger partial charge in [-0.1, -0.05) is 11.6 Å². The second kappa shape index (κ2) is 5.13. The molecule has 0 amide bonds. The van der Waals surface area contributed by atoms with Gasteiger partial charge in [0.15, 0.2) is 5.82 Å². The Morgan fingerprint density at radius 3 is 3.00 bits per heavy atom. The molecule has 0 aromatic carbocycles. The fraction of sp³-hybridized carbons (Fsp3) is 0.692. The highest BCUT2D eigenvalue weighted by molar-refractivity contribution is 6.35. The smallest absolute Gasteiger partial charge is 0.153 e. The number of aromatic nitrogens is 2. The summed E-state index contributed by atoms with van der Waals surface area (Å²) in [5, 5.41) is 0.491. The molecule has 5 nitrogen and oxygen atoms in total. The summed E-state index contributed by atoms with van der Waals surface area (Å²) in [6.07, 6.45) is 5.24. The van der Waals surface area contributed by atoms with Gasteiger partial charge >= 0.3 is 0 Å². The molecule has 0 saturated carbocycles. The van der Waals surface area contributed by atoms with Crippen LogP contribution in [0.15, 0.2) is 6.33 Å². The summed E-state index contributed by atoms with van der Waals surface area (Å²) < 4.78 is 0. The molecule has 2 aliphatic heterocycles. The van der Waals surface area contributed by atoms with E-state index in [1.807, 2.05) is 0 Å². The number of nitrogen functional groups attached to an aromatic ring is 1. The number of halogens is 1. The molecule has 1 aromatic heterocycles. The molecule has 3 rings (SSSR count). The molecule has 1 aromatic rings. The van der Waals surface area contributed by atoms with Crippen LogP contribution in [0, 0.1) is 5.92 Å². The van der Waals surface area contributed by atoms with Crippen LogP contribution in [0.2, 0.25) is 5.02 Å². The fourth-order valence-corrected chi connectivity index (χ4v) is 3.66. The highest BCUT2D eigenvalue weighted by atomic mass is 35.5. The zero-order valence-electron chi connectivity index (χ0n) is 11.2. The van der Waals surface area contributed by atoms with Crippen molar-refractivity contribution in [2.75, 3.05) is 37.3 Å². The van der Waals surface area contributed by atoms with Gasteiger partial charge in [-0.15, -0.1) is 0 Å². The highest BCUT2D eigenvalue weighted by Gasteiger charge is 2.35. The molecule has 2 N–H and O–H groups in total. The number of nitrogens with zero attached hydrogens (tertiary/aromatic N) is 4. The monoisotopic (exact) mass is 281 g/mol. The van der Waals surface area contributed by atoms with Gasteiger partial charge in [0.25, 0.3) is 0 Å². The lowest BCUT2D eigenvalue weighted by molar-refractivity contribution is 0.102. The topological polar surface area (TPSA) is 58.3 Å². The minimum absolute atomic E-state index is 0.370. The van der Waals surface area contributed by atoms with Gasteiger partial charge in [-0.2, -0.15) is 0 Å². The molecule has 2 saturated heterocycles. The fourth-order valence-electron chi connectivity index (χ4n) is 3.44. The first-order chi connectivity index (χ1) is 9.16. The van der Waals surface area contributed by atoms with Crippen molar-refractivity contribution >= 4 is 23.2 Å². The zero-order valence-corrected chi connectivity index (χ0v) is 12.0. The second-order valence-electron chi connectivity index (χ2n) is 5.58. The molecule has 19 heavy (non-hydrogen) atoms. The molecular weight excluding hydrogens is 262 g/mol. The first kappa shape index (κ1) is 12.9. The lowest BCUT2D eigenvalue weighted by atomic mass is 9.84. The maximum Gasteiger partial charge on any atom is 0.153 e. The van der Waals surface area contributed by atoms with E-state index in [1.54, 1.807) is 0 Å². The standard InChI is InChI=1S/C13H20ClN5/c1-18-5-2-3-9-7-19(6-4-10(9)18)13-11(14)12(15)16-8-17-13/h8-10H,2-7H2,1H3,(H2,15,16,17). The Morgan fingerprint density at radius 2 is 2.16 bits per heavy atom. The van der Waals surface area contributed by atoms with Gasteiger partial charge in [-0.05, 0) is 38.8 Å². The number of piperidine rings is 2. The van der Waals surface area contributed by atoms with E-state index in [2.05, 4.69) is 26.8 Å². The van der Waals surface area contributed by atoms with Crippen LogP contribution in [0.3, 0.4) is 0 Å². The third-order valence-corrected chi connectivity index (χ3v) is 4.81. The lowest BCUT2D eigenvalue weighted by Gasteiger charge is -2.46. The van der Waals surface area contributed by atoms with E-state index in [0.717, 1.165) is 18.9 Å². The van der Waals surface area contributed by atoms with Gasteiger partial charge < -0.3 is 15.5 Å². The van der Waals surface area contributed by atoms with Crippen LogP contribution < -0.4 is 10.6 Å². The molecule has 0 bridgehead atoms. The van der Waals surface area contributed by atoms with Gasteiger partial charge in [0.05, 0.1) is 0 Å². The van der Waals surface area contributed by atoms with Gasteiger partial charge in [0.1, 0.15) is 17.2 Å². The third kappa shape index (κ3) is 2.37. The summed E-state index contributed by atoms with van der Waals surface area (Å²) in [4.78, 5) is 13.0. The molecule has 104 valence electrons. The minimum Gasteiger partial charge on any atom is -0.382 e. The lowest BCUT2D eigenvalue weighted by Crippen LogP contribution is -2.53. The number of anilines is 2. The molecule has 2 atom stereocenters. The zero-order chi connectivity index (χ0) is 13.4. The van der Waals surface area contributed by atoms with Crippen molar-refractivity contribution in [3.8, 4) is 0 Å². The molecule has 0 spiro atoms. The van der Waals surface area contributed by atoms with Crippen molar-refractivity contribution in [2.24, 2.45) is 5.92 Å². The van der Waals surface area contributed by atoms with Crippen molar-refractivity contribution in [1.29, 1.82) is 0 Å². The number of nitrogens with two attached hydrogens (primary N) is 1. The van der Waals surface area contributed by atoms with Gasteiger partial charge in [-0.25, -0.2) is 9.97 Å². The van der Waals surface area contributed by atoms with E-state index in [9.17, 15) is 0 Å². The Balaban J connectivity index is 1.79. The normalized spacial score (nSPS) is 28.2. The number of hydrogen-bond acceptors (Lipinski definition) is 5. The summed E-state index contributed by atoms with van der Waals surface area (Å²) in [7, 11) is 2.24. The van der Waals surface area contributed by atoms with Crippen LogP contribution in [-0.4, -0.2) is 47.6 Å². The average molecular weight is 282 g/mol. The van der Waals surface area contributed by atoms with Crippen LogP contribution in [-0.2, 0) is 0 Å². The van der Waals surface area contributed by atoms with E-state index >= 15 is 0 Å². The van der Waals surface area contributed by atoms with E-state index < -0.39 is 0 Å². The molecule has 6 heteroatoms. The Morgan fingerprint density at radius 1 is 1.32 bits per heavy atom. The van der Waals surface area contributed by atoms with Crippen LogP contribution in [0.25, 0.3) is 0 Å². The molecule has 2 aliphatic rings. The van der Waals surface area contributed by atoms with Crippen LogP contribution in [0.5, 0.6) is 0 Å². The average Bonchev–Trinajstić information content (AvgIpc) is 2.42. The van der Waals surface area contributed by atoms with Gasteiger partial charge in [-0.3, -0.25) is 0 Å². The van der Waals surface area contributed by atoms with Crippen molar-refractivity contribution < 1.29 is 0 Å². The minimum atomic E-state index is 0.370. The predicted molar refractivity (Wildman–Crippen MR) is 77.4 cm³/mol. The van der Waals surface area contributed by atoms with E-state index in [4.69, 9.17) is 17.3 Å². The number of likely N-dealkylation sites (tertiary alicyclic amines) is 1. The summed E-state index contributed by atoms with van der Waals surface area (Å²) in [6, 6.07) is 0.711. The SMILES string of the molecule is CN1CCCC2CN(c3ncnc(N)c3Cl)CCC21. The summed E-state index contributed by atoms with van der Waals surface area (Å²) in [6.45, 7) is 3.23. The van der Waals surface area contributed by atoms with Crippen molar-refractivity contribution in [3.05, 3.63) is 11.3 Å². The van der Waals surface area contributed by atoms with Crippen molar-refractivity contribution in [3.63, 3.8) is 0 Å². The van der Waals surface area contributed by atoms with Crippen LogP contribution in [0.1, 0.15) is 19.3 Å². The largest absolute Gasteiger partial charge is 0.382 e. The number of fused-ring (bicyclic) bond motifs is 1. The highest BCUT2D eigenvalue weighted by Crippen LogP contribution is 2.34. The first-order valence-corrected chi connectivity index (χ1v) is 7.26. The van der Waals surface area contributed by atoms with Crippen molar-refractivity contribution in [1.82, 2.24) is 14.9 Å². The van der Waals surface area contributed by atoms with E-state index in [-0.39, 0.29) is 0 Å². The van der Waals surface area contributed by atoms with E-state index in [1.165, 1.54) is 32.1 Å². The van der Waals surface area contributed by atoms with E-state index in [0.29, 0.717) is 22.8 Å². The van der Waals surface area contributed by atoms with Gasteiger partial charge in [0.2, 0.25) is 0 Å². The Hall–Kier alpha value is -1.07. The predicted octanol–water partition coefficient (Wildman–Crippen LogP) is 1.63. The van der Waals surface area contributed by atoms with Crippen LogP contribution in [0.4, 0.5) is 11.6 Å². The van der Waals surface area contributed by atoms with Crippen LogP contribution >= 0.6 is 11.6 Å². The first-order valence-electron chi connectivity index (χ1n) is 6.88. The molecule has 2 fully saturated rings. The molecular formula is C13H20ClN5. The Kier molecular flexibility index (Phi) is 3.50. The number of hydrogen-bond donors (Lipinski definition) is 1. The summed E-state index contributed by atoms with van der Waals surface area (Å²) in [5.41, 5.74) is 5.76. The quantitative estimate of drug-likeness (QED) is 0.848. The summed E-state index contributed by atoms with van der Waals surface area (Å²) in [5.74, 6) is 1.87. The molecule has 0 radical (unpaired) electrons. The third-order valence-electron chi connectivity index (χ3n) is 4.44. The maximum atomic E-state index is 6.23.